The summed E-state index contributed by atoms with van der Waals surface area (Å²) in [5.41, 5.74) is 1.20. The average Bonchev–Trinajstić information content (AvgIpc) is 2.19. The Balaban J connectivity index is 2.39. The molecule has 0 unspecified atom stereocenters. The molecule has 2 heteroatoms. The van der Waals surface area contributed by atoms with Crippen LogP contribution < -0.4 is 4.90 Å². The SMILES string of the molecule is C=COCCN(C)c1ccccc1. The summed E-state index contributed by atoms with van der Waals surface area (Å²) in [5.74, 6) is 0. The normalized spacial score (nSPS) is 9.31. The monoisotopic (exact) mass is 177 g/mol. The minimum atomic E-state index is 0.675. The topological polar surface area (TPSA) is 12.5 Å². The van der Waals surface area contributed by atoms with Crippen molar-refractivity contribution >= 4 is 5.69 Å². The summed E-state index contributed by atoms with van der Waals surface area (Å²) < 4.78 is 5.05. The van der Waals surface area contributed by atoms with Crippen LogP contribution in [0.4, 0.5) is 5.69 Å². The van der Waals surface area contributed by atoms with E-state index in [0.717, 1.165) is 6.54 Å². The molecule has 0 amide bonds. The smallest absolute Gasteiger partial charge is 0.105 e. The van der Waals surface area contributed by atoms with Gasteiger partial charge in [0.1, 0.15) is 6.61 Å². The van der Waals surface area contributed by atoms with Gasteiger partial charge in [-0.15, -0.1) is 0 Å². The van der Waals surface area contributed by atoms with Crippen molar-refractivity contribution < 1.29 is 4.74 Å². The molecule has 0 atom stereocenters. The van der Waals surface area contributed by atoms with E-state index in [1.807, 2.05) is 25.2 Å². The van der Waals surface area contributed by atoms with E-state index in [2.05, 4.69) is 23.6 Å². The molecule has 1 aromatic carbocycles. The molecule has 1 aromatic rings. The molecule has 13 heavy (non-hydrogen) atoms. The molecule has 0 aliphatic heterocycles. The van der Waals surface area contributed by atoms with Crippen molar-refractivity contribution in [3.8, 4) is 0 Å². The highest BCUT2D eigenvalue weighted by molar-refractivity contribution is 5.44. The summed E-state index contributed by atoms with van der Waals surface area (Å²) >= 11 is 0. The van der Waals surface area contributed by atoms with E-state index in [1.54, 1.807) is 0 Å². The van der Waals surface area contributed by atoms with Gasteiger partial charge in [0.05, 0.1) is 12.8 Å². The Morgan fingerprint density at radius 1 is 1.38 bits per heavy atom. The van der Waals surface area contributed by atoms with Crippen LogP contribution in [-0.2, 0) is 4.74 Å². The van der Waals surface area contributed by atoms with Gasteiger partial charge in [-0.1, -0.05) is 24.8 Å². The van der Waals surface area contributed by atoms with Gasteiger partial charge in [0, 0.05) is 12.7 Å². The van der Waals surface area contributed by atoms with Crippen molar-refractivity contribution in [2.45, 2.75) is 0 Å². The van der Waals surface area contributed by atoms with E-state index in [1.165, 1.54) is 11.9 Å². The second kappa shape index (κ2) is 5.25. The van der Waals surface area contributed by atoms with Gasteiger partial charge in [-0.2, -0.15) is 0 Å². The number of nitrogens with zero attached hydrogens (tertiary/aromatic N) is 1. The summed E-state index contributed by atoms with van der Waals surface area (Å²) in [7, 11) is 2.04. The number of rotatable bonds is 5. The van der Waals surface area contributed by atoms with Crippen molar-refractivity contribution in [3.05, 3.63) is 43.2 Å². The Morgan fingerprint density at radius 3 is 2.69 bits per heavy atom. The molecular weight excluding hydrogens is 162 g/mol. The number of para-hydroxylation sites is 1. The first-order valence-electron chi connectivity index (χ1n) is 4.33. The zero-order chi connectivity index (χ0) is 9.52. The summed E-state index contributed by atoms with van der Waals surface area (Å²) in [5, 5.41) is 0. The van der Waals surface area contributed by atoms with Gasteiger partial charge in [-0.05, 0) is 12.1 Å². The van der Waals surface area contributed by atoms with E-state index in [9.17, 15) is 0 Å². The van der Waals surface area contributed by atoms with E-state index >= 15 is 0 Å². The molecule has 0 saturated carbocycles. The first kappa shape index (κ1) is 9.65. The number of likely N-dealkylation sites (N-methyl/N-ethyl adjacent to an activating group) is 1. The third kappa shape index (κ3) is 3.20. The molecule has 0 saturated heterocycles. The molecule has 0 radical (unpaired) electrons. The van der Waals surface area contributed by atoms with Crippen LogP contribution in [0.25, 0.3) is 0 Å². The fourth-order valence-corrected chi connectivity index (χ4v) is 1.08. The standard InChI is InChI=1S/C11H15NO/c1-3-13-10-9-12(2)11-7-5-4-6-8-11/h3-8H,1,9-10H2,2H3. The highest BCUT2D eigenvalue weighted by atomic mass is 16.5. The Labute approximate surface area is 79.4 Å². The minimum absolute atomic E-state index is 0.675. The van der Waals surface area contributed by atoms with Crippen LogP contribution in [0.1, 0.15) is 0 Å². The quantitative estimate of drug-likeness (QED) is 0.505. The van der Waals surface area contributed by atoms with Crippen LogP contribution in [0.15, 0.2) is 43.2 Å². The van der Waals surface area contributed by atoms with Crippen molar-refractivity contribution in [2.75, 3.05) is 25.1 Å². The van der Waals surface area contributed by atoms with Crippen LogP contribution in [0.5, 0.6) is 0 Å². The molecule has 0 aliphatic rings. The van der Waals surface area contributed by atoms with Crippen molar-refractivity contribution in [3.63, 3.8) is 0 Å². The summed E-state index contributed by atoms with van der Waals surface area (Å²) in [6, 6.07) is 10.2. The predicted octanol–water partition coefficient (Wildman–Crippen LogP) is 2.28. The van der Waals surface area contributed by atoms with Crippen LogP contribution >= 0.6 is 0 Å². The number of anilines is 1. The predicted molar refractivity (Wildman–Crippen MR) is 55.9 cm³/mol. The van der Waals surface area contributed by atoms with E-state index in [0.29, 0.717) is 6.61 Å². The third-order valence-electron chi connectivity index (χ3n) is 1.86. The largest absolute Gasteiger partial charge is 0.500 e. The fraction of sp³-hybridized carbons (Fsp3) is 0.273. The number of hydrogen-bond donors (Lipinski definition) is 0. The lowest BCUT2D eigenvalue weighted by Gasteiger charge is -2.18. The number of hydrogen-bond acceptors (Lipinski definition) is 2. The third-order valence-corrected chi connectivity index (χ3v) is 1.86. The molecule has 0 spiro atoms. The number of benzene rings is 1. The highest BCUT2D eigenvalue weighted by Crippen LogP contribution is 2.09. The Hall–Kier alpha value is -1.44. The summed E-state index contributed by atoms with van der Waals surface area (Å²) in [6.07, 6.45) is 1.47. The van der Waals surface area contributed by atoms with Crippen LogP contribution in [0.2, 0.25) is 0 Å². The van der Waals surface area contributed by atoms with Crippen LogP contribution in [0.3, 0.4) is 0 Å². The van der Waals surface area contributed by atoms with E-state index in [-0.39, 0.29) is 0 Å². The number of ether oxygens (including phenoxy) is 1. The lowest BCUT2D eigenvalue weighted by Crippen LogP contribution is -2.21. The van der Waals surface area contributed by atoms with E-state index < -0.39 is 0 Å². The fourth-order valence-electron chi connectivity index (χ4n) is 1.08. The lowest BCUT2D eigenvalue weighted by atomic mass is 10.3. The molecule has 0 heterocycles. The molecule has 0 fully saturated rings. The minimum Gasteiger partial charge on any atom is -0.500 e. The Morgan fingerprint density at radius 2 is 2.08 bits per heavy atom. The zero-order valence-corrected chi connectivity index (χ0v) is 7.94. The second-order valence-electron chi connectivity index (χ2n) is 2.79. The Kier molecular flexibility index (Phi) is 3.89. The van der Waals surface area contributed by atoms with Gasteiger partial charge in [-0.3, -0.25) is 0 Å². The Bertz CT molecular complexity index is 246. The van der Waals surface area contributed by atoms with Gasteiger partial charge < -0.3 is 9.64 Å². The molecule has 0 aliphatic carbocycles. The molecule has 1 rings (SSSR count). The molecule has 0 bridgehead atoms. The second-order valence-corrected chi connectivity index (χ2v) is 2.79. The van der Waals surface area contributed by atoms with Crippen molar-refractivity contribution in [2.24, 2.45) is 0 Å². The van der Waals surface area contributed by atoms with Gasteiger partial charge in [0.2, 0.25) is 0 Å². The molecular formula is C11H15NO. The van der Waals surface area contributed by atoms with Crippen LogP contribution in [0, 0.1) is 0 Å². The van der Waals surface area contributed by atoms with Gasteiger partial charge in [0.25, 0.3) is 0 Å². The molecule has 70 valence electrons. The maximum Gasteiger partial charge on any atom is 0.105 e. The molecule has 0 aromatic heterocycles. The first-order chi connectivity index (χ1) is 6.34. The van der Waals surface area contributed by atoms with Crippen molar-refractivity contribution in [1.82, 2.24) is 0 Å². The van der Waals surface area contributed by atoms with Gasteiger partial charge in [0.15, 0.2) is 0 Å². The molecule has 0 N–H and O–H groups in total. The van der Waals surface area contributed by atoms with Gasteiger partial charge >= 0.3 is 0 Å². The van der Waals surface area contributed by atoms with Gasteiger partial charge in [-0.25, -0.2) is 0 Å². The molecule has 2 nitrogen and oxygen atoms in total. The average molecular weight is 177 g/mol. The maximum atomic E-state index is 5.05. The van der Waals surface area contributed by atoms with E-state index in [4.69, 9.17) is 4.74 Å². The van der Waals surface area contributed by atoms with Crippen molar-refractivity contribution in [1.29, 1.82) is 0 Å². The summed E-state index contributed by atoms with van der Waals surface area (Å²) in [6.45, 7) is 5.04. The highest BCUT2D eigenvalue weighted by Gasteiger charge is 1.97. The maximum absolute atomic E-state index is 5.05. The van der Waals surface area contributed by atoms with Crippen LogP contribution in [-0.4, -0.2) is 20.2 Å². The summed E-state index contributed by atoms with van der Waals surface area (Å²) in [4.78, 5) is 2.14. The first-order valence-corrected chi connectivity index (χ1v) is 4.33. The zero-order valence-electron chi connectivity index (χ0n) is 7.94. The lowest BCUT2D eigenvalue weighted by molar-refractivity contribution is 0.259.